The summed E-state index contributed by atoms with van der Waals surface area (Å²) in [6.07, 6.45) is -0.891. The maximum atomic E-state index is 13.7. The molecule has 4 heterocycles. The average molecular weight is 400 g/mol. The Morgan fingerprint density at radius 2 is 1.89 bits per heavy atom. The lowest BCUT2D eigenvalue weighted by molar-refractivity contribution is -0.144. The van der Waals surface area contributed by atoms with Gasteiger partial charge in [-0.15, -0.1) is 5.10 Å². The van der Waals surface area contributed by atoms with Crippen LogP contribution in [0.25, 0.3) is 28.7 Å². The number of aliphatic hydroxyl groups excluding tert-OH is 1. The molecule has 0 aliphatic carbocycles. The highest BCUT2D eigenvalue weighted by molar-refractivity contribution is 5.76. The minimum Gasteiger partial charge on any atom is -0.390 e. The summed E-state index contributed by atoms with van der Waals surface area (Å²) in [6.45, 7) is -1.46. The number of fused-ring (bicyclic) bond motifs is 1. The van der Waals surface area contributed by atoms with Crippen LogP contribution in [0.5, 0.6) is 0 Å². The molecule has 28 heavy (non-hydrogen) atoms. The minimum atomic E-state index is -4.78. The van der Waals surface area contributed by atoms with Crippen molar-refractivity contribution in [3.8, 4) is 22.9 Å². The van der Waals surface area contributed by atoms with Gasteiger partial charge in [-0.3, -0.25) is 9.50 Å². The van der Waals surface area contributed by atoms with Gasteiger partial charge in [0, 0.05) is 6.20 Å². The normalized spacial score (nSPS) is 12.8. The molecule has 4 rings (SSSR count). The Morgan fingerprint density at radius 1 is 1.11 bits per heavy atom. The molecule has 0 aliphatic heterocycles. The molecule has 0 aliphatic rings. The molecule has 3 N–H and O–H groups in total. The first-order valence-electron chi connectivity index (χ1n) is 7.57. The molecule has 0 spiro atoms. The second-order valence-electron chi connectivity index (χ2n) is 5.63. The average Bonchev–Trinajstić information content (AvgIpc) is 3.37. The second-order valence-corrected chi connectivity index (χ2v) is 5.63. The van der Waals surface area contributed by atoms with Crippen molar-refractivity contribution in [3.05, 3.63) is 36.3 Å². The molecule has 0 saturated heterocycles. The Morgan fingerprint density at radius 3 is 2.50 bits per heavy atom. The van der Waals surface area contributed by atoms with Crippen molar-refractivity contribution in [1.29, 1.82) is 0 Å². The number of rotatable bonds is 4. The molecular weight excluding hydrogens is 391 g/mol. The molecule has 0 radical (unpaired) electrons. The van der Waals surface area contributed by atoms with Crippen LogP contribution in [0.2, 0.25) is 0 Å². The van der Waals surface area contributed by atoms with E-state index in [-0.39, 0.29) is 23.0 Å². The largest absolute Gasteiger partial charge is 0.453 e. The van der Waals surface area contributed by atoms with Gasteiger partial charge >= 0.3 is 12.1 Å². The van der Waals surface area contributed by atoms with Crippen LogP contribution >= 0.6 is 0 Å². The number of aromatic nitrogens is 8. The Labute approximate surface area is 151 Å². The molecule has 4 aromatic rings. The van der Waals surface area contributed by atoms with E-state index in [2.05, 4.69) is 35.1 Å². The van der Waals surface area contributed by atoms with Gasteiger partial charge in [-0.1, -0.05) is 0 Å². The lowest BCUT2D eigenvalue weighted by Gasteiger charge is -2.12. The molecule has 0 saturated carbocycles. The van der Waals surface area contributed by atoms with Crippen LogP contribution in [-0.4, -0.2) is 51.2 Å². The number of hydrogen-bond donors (Lipinski definition) is 3. The Bertz CT molecular complexity index is 1130. The molecule has 0 fully saturated rings. The van der Waals surface area contributed by atoms with Crippen LogP contribution in [0, 0.1) is 0 Å². The molecule has 0 aromatic carbocycles. The minimum absolute atomic E-state index is 0.107. The topological polar surface area (TPSA) is 121 Å². The van der Waals surface area contributed by atoms with Crippen LogP contribution in [-0.2, 0) is 12.1 Å². The number of aliphatic hydroxyl groups is 1. The van der Waals surface area contributed by atoms with Crippen molar-refractivity contribution in [2.75, 3.05) is 6.61 Å². The summed E-state index contributed by atoms with van der Waals surface area (Å²) >= 11 is 0. The predicted octanol–water partition coefficient (Wildman–Crippen LogP) is 2.01. The Balaban J connectivity index is 1.94. The third-order valence-electron chi connectivity index (χ3n) is 3.78. The third-order valence-corrected chi connectivity index (χ3v) is 3.78. The SMILES string of the molecule is OCC(F)(F)c1ccn2c(-c3cnc[nH]3)c(-c3nc(C(F)(F)F)n[nH]3)nc2n1. The van der Waals surface area contributed by atoms with Gasteiger partial charge in [0.1, 0.15) is 23.7 Å². The van der Waals surface area contributed by atoms with E-state index >= 15 is 0 Å². The zero-order valence-corrected chi connectivity index (χ0v) is 13.5. The van der Waals surface area contributed by atoms with Gasteiger partial charge in [-0.05, 0) is 6.07 Å². The van der Waals surface area contributed by atoms with Crippen molar-refractivity contribution in [3.63, 3.8) is 0 Å². The third kappa shape index (κ3) is 2.87. The maximum absolute atomic E-state index is 13.7. The summed E-state index contributed by atoms with van der Waals surface area (Å²) in [4.78, 5) is 17.7. The molecular formula is C14H9F5N8O. The van der Waals surface area contributed by atoms with Gasteiger partial charge in [0.25, 0.3) is 5.82 Å². The molecule has 4 aromatic heterocycles. The van der Waals surface area contributed by atoms with Gasteiger partial charge in [0.15, 0.2) is 5.82 Å². The zero-order chi connectivity index (χ0) is 20.1. The summed E-state index contributed by atoms with van der Waals surface area (Å²) in [7, 11) is 0. The number of imidazole rings is 2. The van der Waals surface area contributed by atoms with Gasteiger partial charge < -0.3 is 10.1 Å². The van der Waals surface area contributed by atoms with Gasteiger partial charge in [0.05, 0.1) is 18.2 Å². The van der Waals surface area contributed by atoms with Crippen molar-refractivity contribution < 1.29 is 27.1 Å². The fourth-order valence-electron chi connectivity index (χ4n) is 2.52. The highest BCUT2D eigenvalue weighted by Crippen LogP contribution is 2.33. The number of nitrogens with one attached hydrogen (secondary N) is 2. The van der Waals surface area contributed by atoms with Crippen molar-refractivity contribution in [1.82, 2.24) is 39.5 Å². The molecule has 0 amide bonds. The Kier molecular flexibility index (Phi) is 3.88. The summed E-state index contributed by atoms with van der Waals surface area (Å²) in [6, 6.07) is 0.968. The molecule has 0 unspecified atom stereocenters. The number of halogens is 5. The lowest BCUT2D eigenvalue weighted by atomic mass is 10.2. The first-order chi connectivity index (χ1) is 13.2. The van der Waals surface area contributed by atoms with Crippen LogP contribution in [0.4, 0.5) is 22.0 Å². The molecule has 0 bridgehead atoms. The van der Waals surface area contributed by atoms with E-state index in [4.69, 9.17) is 5.11 Å². The van der Waals surface area contributed by atoms with Crippen molar-refractivity contribution in [2.45, 2.75) is 12.1 Å². The van der Waals surface area contributed by atoms with E-state index in [0.717, 1.165) is 6.07 Å². The van der Waals surface area contributed by atoms with E-state index in [1.165, 1.54) is 23.1 Å². The number of aromatic amines is 2. The highest BCUT2D eigenvalue weighted by atomic mass is 19.4. The van der Waals surface area contributed by atoms with E-state index < -0.39 is 30.2 Å². The highest BCUT2D eigenvalue weighted by Gasteiger charge is 2.37. The van der Waals surface area contributed by atoms with Gasteiger partial charge in [-0.25, -0.2) is 19.9 Å². The quantitative estimate of drug-likeness (QED) is 0.451. The lowest BCUT2D eigenvalue weighted by Crippen LogP contribution is -2.20. The smallest absolute Gasteiger partial charge is 0.390 e. The summed E-state index contributed by atoms with van der Waals surface area (Å²) < 4.78 is 67.2. The monoisotopic (exact) mass is 400 g/mol. The maximum Gasteiger partial charge on any atom is 0.453 e. The Hall–Kier alpha value is -3.42. The van der Waals surface area contributed by atoms with E-state index in [1.54, 1.807) is 0 Å². The van der Waals surface area contributed by atoms with Crippen molar-refractivity contribution >= 4 is 5.78 Å². The van der Waals surface area contributed by atoms with Crippen LogP contribution < -0.4 is 0 Å². The molecule has 0 atom stereocenters. The van der Waals surface area contributed by atoms with Crippen molar-refractivity contribution in [2.24, 2.45) is 0 Å². The fourth-order valence-corrected chi connectivity index (χ4v) is 2.52. The molecule has 146 valence electrons. The van der Waals surface area contributed by atoms with Gasteiger partial charge in [0.2, 0.25) is 5.78 Å². The summed E-state index contributed by atoms with van der Waals surface area (Å²) in [5.41, 5.74) is -0.340. The van der Waals surface area contributed by atoms with Crippen LogP contribution in [0.1, 0.15) is 11.5 Å². The molecule has 9 nitrogen and oxygen atoms in total. The number of hydrogen-bond acceptors (Lipinski definition) is 6. The molecule has 14 heteroatoms. The van der Waals surface area contributed by atoms with Crippen LogP contribution in [0.15, 0.2) is 24.8 Å². The summed E-state index contributed by atoms with van der Waals surface area (Å²) in [5.74, 6) is -5.60. The zero-order valence-electron chi connectivity index (χ0n) is 13.5. The van der Waals surface area contributed by atoms with Gasteiger partial charge in [-0.2, -0.15) is 22.0 Å². The van der Waals surface area contributed by atoms with E-state index in [9.17, 15) is 22.0 Å². The number of nitrogens with zero attached hydrogens (tertiary/aromatic N) is 6. The fraction of sp³-hybridized carbons (Fsp3) is 0.214. The first-order valence-corrected chi connectivity index (χ1v) is 7.57. The number of H-pyrrole nitrogens is 2. The van der Waals surface area contributed by atoms with E-state index in [1.807, 2.05) is 0 Å². The second kappa shape index (κ2) is 6.05. The van der Waals surface area contributed by atoms with Crippen LogP contribution in [0.3, 0.4) is 0 Å². The predicted molar refractivity (Wildman–Crippen MR) is 81.9 cm³/mol. The summed E-state index contributed by atoms with van der Waals surface area (Å²) in [5, 5.41) is 14.1. The van der Waals surface area contributed by atoms with E-state index in [0.29, 0.717) is 5.69 Å². The first kappa shape index (κ1) is 18.0. The number of alkyl halides is 5. The standard InChI is InChI=1S/C14H9F5N8O/c15-13(16,4-28)7-1-2-27-9(6-3-20-5-21-6)8(23-12(27)22-7)10-24-11(26-25-10)14(17,18)19/h1-3,5,28H,4H2,(H,20,21)(H,24,25,26).